The van der Waals surface area contributed by atoms with Crippen LogP contribution in [0.5, 0.6) is 0 Å². The summed E-state index contributed by atoms with van der Waals surface area (Å²) < 4.78 is 44.9. The number of carbonyl (C=O) groups excluding carboxylic acids is 1. The molecule has 0 N–H and O–H groups in total. The number of esters is 1. The van der Waals surface area contributed by atoms with Crippen LogP contribution in [0.25, 0.3) is 0 Å². The SMILES string of the molecule is CCCN(C1CC1)S(=O)(=O)c1cc(F)ccc1C(=O)OC. The number of carbonyl (C=O) groups is 1. The summed E-state index contributed by atoms with van der Waals surface area (Å²) in [5.74, 6) is -1.49. The summed E-state index contributed by atoms with van der Waals surface area (Å²) in [5, 5.41) is 0. The van der Waals surface area contributed by atoms with Gasteiger partial charge in [0, 0.05) is 12.6 Å². The Morgan fingerprint density at radius 3 is 2.62 bits per heavy atom. The van der Waals surface area contributed by atoms with Gasteiger partial charge in [0.2, 0.25) is 10.0 Å². The number of hydrogen-bond donors (Lipinski definition) is 0. The first-order valence-electron chi connectivity index (χ1n) is 6.81. The molecule has 1 fully saturated rings. The Bertz CT molecular complexity index is 640. The minimum absolute atomic E-state index is 0.0521. The van der Waals surface area contributed by atoms with Crippen molar-refractivity contribution in [2.45, 2.75) is 37.1 Å². The molecule has 0 heterocycles. The fourth-order valence-corrected chi connectivity index (χ4v) is 4.17. The fraction of sp³-hybridized carbons (Fsp3) is 0.500. The molecular formula is C14H18FNO4S. The van der Waals surface area contributed by atoms with E-state index < -0.39 is 21.8 Å². The van der Waals surface area contributed by atoms with Gasteiger partial charge in [-0.1, -0.05) is 6.92 Å². The second-order valence-corrected chi connectivity index (χ2v) is 6.84. The lowest BCUT2D eigenvalue weighted by Gasteiger charge is -2.22. The van der Waals surface area contributed by atoms with E-state index in [-0.39, 0.29) is 16.5 Å². The van der Waals surface area contributed by atoms with E-state index >= 15 is 0 Å². The van der Waals surface area contributed by atoms with Crippen LogP contribution in [0.1, 0.15) is 36.5 Å². The number of ether oxygens (including phenoxy) is 1. The molecule has 7 heteroatoms. The van der Waals surface area contributed by atoms with Gasteiger partial charge in [0.1, 0.15) is 5.82 Å². The molecule has 1 aliphatic rings. The van der Waals surface area contributed by atoms with Gasteiger partial charge in [-0.15, -0.1) is 0 Å². The number of hydrogen-bond acceptors (Lipinski definition) is 4. The third-order valence-corrected chi connectivity index (χ3v) is 5.33. The third-order valence-electron chi connectivity index (χ3n) is 3.33. The zero-order valence-corrected chi connectivity index (χ0v) is 12.8. The lowest BCUT2D eigenvalue weighted by molar-refractivity contribution is 0.0596. The van der Waals surface area contributed by atoms with Crippen LogP contribution in [-0.4, -0.2) is 38.4 Å². The first-order chi connectivity index (χ1) is 9.91. The van der Waals surface area contributed by atoms with E-state index in [4.69, 9.17) is 0 Å². The molecule has 0 radical (unpaired) electrons. The Kier molecular flexibility index (Phi) is 4.63. The maximum atomic E-state index is 13.5. The summed E-state index contributed by atoms with van der Waals surface area (Å²) in [4.78, 5) is 11.4. The van der Waals surface area contributed by atoms with Gasteiger partial charge in [0.05, 0.1) is 17.6 Å². The Morgan fingerprint density at radius 1 is 1.43 bits per heavy atom. The summed E-state index contributed by atoms with van der Waals surface area (Å²) >= 11 is 0. The predicted molar refractivity (Wildman–Crippen MR) is 74.9 cm³/mol. The Morgan fingerprint density at radius 2 is 2.10 bits per heavy atom. The highest BCUT2D eigenvalue weighted by atomic mass is 32.2. The van der Waals surface area contributed by atoms with E-state index in [1.165, 1.54) is 4.31 Å². The zero-order valence-electron chi connectivity index (χ0n) is 12.0. The molecule has 0 atom stereocenters. The monoisotopic (exact) mass is 315 g/mol. The lowest BCUT2D eigenvalue weighted by atomic mass is 10.2. The van der Waals surface area contributed by atoms with Crippen molar-refractivity contribution in [2.75, 3.05) is 13.7 Å². The molecule has 2 rings (SSSR count). The van der Waals surface area contributed by atoms with E-state index in [1.807, 2.05) is 6.92 Å². The topological polar surface area (TPSA) is 63.7 Å². The average molecular weight is 315 g/mol. The summed E-state index contributed by atoms with van der Waals surface area (Å²) in [5.41, 5.74) is -0.138. The largest absolute Gasteiger partial charge is 0.465 e. The van der Waals surface area contributed by atoms with E-state index in [9.17, 15) is 17.6 Å². The van der Waals surface area contributed by atoms with Crippen molar-refractivity contribution in [1.82, 2.24) is 4.31 Å². The van der Waals surface area contributed by atoms with Crippen LogP contribution in [0.2, 0.25) is 0 Å². The summed E-state index contributed by atoms with van der Waals surface area (Å²) in [6, 6.07) is 3.02. The van der Waals surface area contributed by atoms with Crippen LogP contribution in [0.15, 0.2) is 23.1 Å². The van der Waals surface area contributed by atoms with Crippen molar-refractivity contribution in [3.8, 4) is 0 Å². The number of methoxy groups -OCH3 is 1. The molecule has 1 aromatic carbocycles. The van der Waals surface area contributed by atoms with Gasteiger partial charge in [-0.05, 0) is 37.5 Å². The lowest BCUT2D eigenvalue weighted by Crippen LogP contribution is -2.34. The number of benzene rings is 1. The minimum Gasteiger partial charge on any atom is -0.465 e. The molecule has 0 unspecified atom stereocenters. The average Bonchev–Trinajstić information content (AvgIpc) is 3.28. The molecule has 116 valence electrons. The number of rotatable bonds is 6. The molecule has 0 spiro atoms. The highest BCUT2D eigenvalue weighted by molar-refractivity contribution is 7.89. The predicted octanol–water partition coefficient (Wildman–Crippen LogP) is 2.18. The van der Waals surface area contributed by atoms with Gasteiger partial charge in [-0.3, -0.25) is 0 Å². The molecule has 0 aromatic heterocycles. The highest BCUT2D eigenvalue weighted by Crippen LogP contribution is 2.33. The van der Waals surface area contributed by atoms with Crippen molar-refractivity contribution in [3.05, 3.63) is 29.6 Å². The maximum Gasteiger partial charge on any atom is 0.339 e. The summed E-state index contributed by atoms with van der Waals surface area (Å²) in [7, 11) is -2.76. The Balaban J connectivity index is 2.52. The molecule has 1 aromatic rings. The molecule has 0 amide bonds. The Hall–Kier alpha value is -1.47. The smallest absolute Gasteiger partial charge is 0.339 e. The molecule has 21 heavy (non-hydrogen) atoms. The van der Waals surface area contributed by atoms with Gasteiger partial charge >= 0.3 is 5.97 Å². The maximum absolute atomic E-state index is 13.5. The normalized spacial score (nSPS) is 15.2. The van der Waals surface area contributed by atoms with Crippen LogP contribution in [0.3, 0.4) is 0 Å². The van der Waals surface area contributed by atoms with Crippen LogP contribution < -0.4 is 0 Å². The summed E-state index contributed by atoms with van der Waals surface area (Å²) in [6.45, 7) is 2.22. The molecule has 0 saturated heterocycles. The fourth-order valence-electron chi connectivity index (χ4n) is 2.20. The number of sulfonamides is 1. The molecule has 5 nitrogen and oxygen atoms in total. The van der Waals surface area contributed by atoms with E-state index in [0.717, 1.165) is 38.2 Å². The van der Waals surface area contributed by atoms with Crippen molar-refractivity contribution in [3.63, 3.8) is 0 Å². The quantitative estimate of drug-likeness (QED) is 0.755. The van der Waals surface area contributed by atoms with Crippen LogP contribution in [-0.2, 0) is 14.8 Å². The van der Waals surface area contributed by atoms with E-state index in [2.05, 4.69) is 4.74 Å². The highest BCUT2D eigenvalue weighted by Gasteiger charge is 2.39. The van der Waals surface area contributed by atoms with Crippen molar-refractivity contribution in [2.24, 2.45) is 0 Å². The van der Waals surface area contributed by atoms with E-state index in [1.54, 1.807) is 0 Å². The van der Waals surface area contributed by atoms with Gasteiger partial charge in [-0.2, -0.15) is 4.31 Å². The van der Waals surface area contributed by atoms with Gasteiger partial charge < -0.3 is 4.74 Å². The second-order valence-electron chi connectivity index (χ2n) is 4.98. The van der Waals surface area contributed by atoms with Crippen LogP contribution in [0.4, 0.5) is 4.39 Å². The number of halogens is 1. The molecule has 0 bridgehead atoms. The molecule has 0 aliphatic heterocycles. The van der Waals surface area contributed by atoms with Crippen molar-refractivity contribution < 1.29 is 22.3 Å². The third kappa shape index (κ3) is 3.24. The molecular weight excluding hydrogens is 297 g/mol. The molecule has 1 aliphatic carbocycles. The first kappa shape index (κ1) is 15.9. The minimum atomic E-state index is -3.92. The van der Waals surface area contributed by atoms with Gasteiger partial charge in [0.25, 0.3) is 0 Å². The second kappa shape index (κ2) is 6.11. The van der Waals surface area contributed by atoms with Crippen LogP contribution in [0, 0.1) is 5.82 Å². The Labute approximate surface area is 123 Å². The van der Waals surface area contributed by atoms with Crippen molar-refractivity contribution in [1.29, 1.82) is 0 Å². The zero-order chi connectivity index (χ0) is 15.6. The molecule has 1 saturated carbocycles. The van der Waals surface area contributed by atoms with Gasteiger partial charge in [0.15, 0.2) is 0 Å². The van der Waals surface area contributed by atoms with Crippen molar-refractivity contribution >= 4 is 16.0 Å². The first-order valence-corrected chi connectivity index (χ1v) is 8.25. The summed E-state index contributed by atoms with van der Waals surface area (Å²) in [6.07, 6.45) is 2.24. The van der Waals surface area contributed by atoms with E-state index in [0.29, 0.717) is 13.0 Å². The number of nitrogens with zero attached hydrogens (tertiary/aromatic N) is 1. The standard InChI is InChI=1S/C14H18FNO4S/c1-3-8-16(11-5-6-11)21(18,19)13-9-10(15)4-7-12(13)14(17)20-2/h4,7,9,11H,3,5-6,8H2,1-2H3. The van der Waals surface area contributed by atoms with Gasteiger partial charge in [-0.25, -0.2) is 17.6 Å². The van der Waals surface area contributed by atoms with Crippen LogP contribution >= 0.6 is 0 Å².